The van der Waals surface area contributed by atoms with Crippen molar-refractivity contribution in [1.29, 1.82) is 0 Å². The molecule has 0 spiro atoms. The minimum Gasteiger partial charge on any atom is -0.454 e. The normalized spacial score (nSPS) is 17.0. The predicted octanol–water partition coefficient (Wildman–Crippen LogP) is 0.897. The fraction of sp³-hybridized carbons (Fsp3) is 0.529. The summed E-state index contributed by atoms with van der Waals surface area (Å²) < 4.78 is 39.4. The Labute approximate surface area is 163 Å². The second kappa shape index (κ2) is 9.22. The Bertz CT molecular complexity index is 891. The fourth-order valence-electron chi connectivity index (χ4n) is 2.79. The van der Waals surface area contributed by atoms with Crippen molar-refractivity contribution in [3.8, 4) is 0 Å². The Hall–Kier alpha value is -2.37. The maximum absolute atomic E-state index is 12.3. The highest BCUT2D eigenvalue weighted by Crippen LogP contribution is 2.14. The second-order valence-corrected chi connectivity index (χ2v) is 8.17. The van der Waals surface area contributed by atoms with E-state index in [4.69, 9.17) is 9.47 Å². The van der Waals surface area contributed by atoms with E-state index < -0.39 is 16.0 Å². The summed E-state index contributed by atoms with van der Waals surface area (Å²) in [4.78, 5) is 12.3. The molecule has 0 aliphatic carbocycles. The lowest BCUT2D eigenvalue weighted by molar-refractivity contribution is 0.0456. The fourth-order valence-corrected chi connectivity index (χ4v) is 3.85. The van der Waals surface area contributed by atoms with E-state index in [2.05, 4.69) is 20.2 Å². The van der Waals surface area contributed by atoms with Crippen LogP contribution < -0.4 is 4.72 Å². The van der Waals surface area contributed by atoms with Crippen molar-refractivity contribution in [1.82, 2.24) is 24.9 Å². The number of nitrogens with one attached hydrogen (secondary N) is 1. The van der Waals surface area contributed by atoms with Gasteiger partial charge in [-0.15, -0.1) is 5.10 Å². The van der Waals surface area contributed by atoms with Crippen LogP contribution >= 0.6 is 0 Å². The highest BCUT2D eigenvalue weighted by atomic mass is 32.2. The van der Waals surface area contributed by atoms with Crippen LogP contribution in [0.3, 0.4) is 0 Å². The van der Waals surface area contributed by atoms with Gasteiger partial charge in [-0.3, -0.25) is 0 Å². The van der Waals surface area contributed by atoms with Gasteiger partial charge in [-0.25, -0.2) is 22.6 Å². The van der Waals surface area contributed by atoms with Crippen LogP contribution in [-0.4, -0.2) is 53.8 Å². The van der Waals surface area contributed by atoms with E-state index in [-0.39, 0.29) is 29.7 Å². The molecule has 1 unspecified atom stereocenters. The van der Waals surface area contributed by atoms with E-state index in [0.717, 1.165) is 19.3 Å². The monoisotopic (exact) mass is 409 g/mol. The Morgan fingerprint density at radius 1 is 1.36 bits per heavy atom. The number of aromatic nitrogens is 4. The van der Waals surface area contributed by atoms with Gasteiger partial charge in [0.15, 0.2) is 12.4 Å². The van der Waals surface area contributed by atoms with Crippen LogP contribution in [0, 0.1) is 0 Å². The molecular weight excluding hydrogens is 386 g/mol. The number of esters is 1. The SMILES string of the molecule is CCCn1nnnc1COC(=O)c1ccc(S(=O)(=O)NCC2CCCO2)cc1. The molecule has 0 bridgehead atoms. The molecular formula is C17H23N5O5S. The molecule has 2 aromatic rings. The Balaban J connectivity index is 1.56. The first-order valence-electron chi connectivity index (χ1n) is 9.13. The molecule has 0 saturated carbocycles. The van der Waals surface area contributed by atoms with Crippen LogP contribution in [0.25, 0.3) is 0 Å². The molecule has 1 aliphatic rings. The number of carbonyl (C=O) groups excluding carboxylic acids is 1. The number of nitrogens with zero attached hydrogens (tertiary/aromatic N) is 4. The van der Waals surface area contributed by atoms with Crippen LogP contribution in [0.2, 0.25) is 0 Å². The first-order valence-corrected chi connectivity index (χ1v) is 10.6. The molecule has 2 heterocycles. The number of rotatable bonds is 9. The molecule has 0 radical (unpaired) electrons. The molecule has 1 N–H and O–H groups in total. The van der Waals surface area contributed by atoms with Gasteiger partial charge in [-0.1, -0.05) is 6.92 Å². The lowest BCUT2D eigenvalue weighted by Gasteiger charge is -2.11. The minimum atomic E-state index is -3.66. The van der Waals surface area contributed by atoms with E-state index in [1.165, 1.54) is 24.3 Å². The topological polar surface area (TPSA) is 125 Å². The van der Waals surface area contributed by atoms with Gasteiger partial charge in [-0.2, -0.15) is 0 Å². The number of benzene rings is 1. The highest BCUT2D eigenvalue weighted by Gasteiger charge is 2.20. The lowest BCUT2D eigenvalue weighted by atomic mass is 10.2. The zero-order valence-electron chi connectivity index (χ0n) is 15.6. The van der Waals surface area contributed by atoms with Crippen molar-refractivity contribution in [3.63, 3.8) is 0 Å². The molecule has 1 aromatic carbocycles. The zero-order chi connectivity index (χ0) is 20.0. The summed E-state index contributed by atoms with van der Waals surface area (Å²) in [7, 11) is -3.66. The Kier molecular flexibility index (Phi) is 6.70. The van der Waals surface area contributed by atoms with Crippen molar-refractivity contribution < 1.29 is 22.7 Å². The number of aryl methyl sites for hydroxylation is 1. The van der Waals surface area contributed by atoms with Gasteiger partial charge in [0.05, 0.1) is 16.6 Å². The molecule has 1 atom stereocenters. The molecule has 11 heteroatoms. The third-order valence-electron chi connectivity index (χ3n) is 4.30. The minimum absolute atomic E-state index is 0.0607. The van der Waals surface area contributed by atoms with Crippen molar-refractivity contribution in [2.24, 2.45) is 0 Å². The Morgan fingerprint density at radius 2 is 2.14 bits per heavy atom. The maximum atomic E-state index is 12.3. The Morgan fingerprint density at radius 3 is 2.82 bits per heavy atom. The van der Waals surface area contributed by atoms with Crippen molar-refractivity contribution in [3.05, 3.63) is 35.7 Å². The lowest BCUT2D eigenvalue weighted by Crippen LogP contribution is -2.31. The number of hydrogen-bond acceptors (Lipinski definition) is 8. The molecule has 1 saturated heterocycles. The molecule has 0 amide bonds. The first-order chi connectivity index (χ1) is 13.5. The molecule has 1 aliphatic heterocycles. The average Bonchev–Trinajstić information content (AvgIpc) is 3.37. The first kappa shape index (κ1) is 20.4. The van der Waals surface area contributed by atoms with Crippen LogP contribution in [0.1, 0.15) is 42.4 Å². The van der Waals surface area contributed by atoms with Gasteiger partial charge in [0, 0.05) is 19.7 Å². The predicted molar refractivity (Wildman–Crippen MR) is 97.8 cm³/mol. The van der Waals surface area contributed by atoms with E-state index in [9.17, 15) is 13.2 Å². The van der Waals surface area contributed by atoms with Crippen LogP contribution in [0.4, 0.5) is 0 Å². The summed E-state index contributed by atoms with van der Waals surface area (Å²) in [5.41, 5.74) is 0.243. The summed E-state index contributed by atoms with van der Waals surface area (Å²) in [6.45, 7) is 3.45. The maximum Gasteiger partial charge on any atom is 0.338 e. The molecule has 1 aromatic heterocycles. The van der Waals surface area contributed by atoms with Crippen molar-refractivity contribution >= 4 is 16.0 Å². The van der Waals surface area contributed by atoms with E-state index in [1.54, 1.807) is 4.68 Å². The van der Waals surface area contributed by atoms with Crippen LogP contribution in [-0.2, 0) is 32.6 Å². The van der Waals surface area contributed by atoms with Crippen molar-refractivity contribution in [2.45, 2.75) is 50.3 Å². The molecule has 28 heavy (non-hydrogen) atoms. The average molecular weight is 409 g/mol. The molecule has 1 fully saturated rings. The largest absolute Gasteiger partial charge is 0.454 e. The summed E-state index contributed by atoms with van der Waals surface area (Å²) in [6.07, 6.45) is 2.54. The van der Waals surface area contributed by atoms with Crippen LogP contribution in [0.5, 0.6) is 0 Å². The second-order valence-electron chi connectivity index (χ2n) is 6.41. The number of tetrazole rings is 1. The highest BCUT2D eigenvalue weighted by molar-refractivity contribution is 7.89. The summed E-state index contributed by atoms with van der Waals surface area (Å²) >= 11 is 0. The van der Waals surface area contributed by atoms with Gasteiger partial charge in [0.25, 0.3) is 0 Å². The zero-order valence-corrected chi connectivity index (χ0v) is 16.4. The van der Waals surface area contributed by atoms with E-state index in [0.29, 0.717) is 19.0 Å². The van der Waals surface area contributed by atoms with Gasteiger partial charge >= 0.3 is 5.97 Å². The quantitative estimate of drug-likeness (QED) is 0.606. The van der Waals surface area contributed by atoms with E-state index in [1.807, 2.05) is 6.92 Å². The smallest absolute Gasteiger partial charge is 0.338 e. The summed E-state index contributed by atoms with van der Waals surface area (Å²) in [6, 6.07) is 5.57. The molecule has 3 rings (SSSR count). The van der Waals surface area contributed by atoms with Gasteiger partial charge < -0.3 is 9.47 Å². The van der Waals surface area contributed by atoms with Gasteiger partial charge in [0.2, 0.25) is 10.0 Å². The molecule has 10 nitrogen and oxygen atoms in total. The standard InChI is InChI=1S/C17H23N5O5S/c1-2-9-22-16(19-20-21-22)12-27-17(23)13-5-7-15(8-6-13)28(24,25)18-11-14-4-3-10-26-14/h5-8,14,18H,2-4,9-12H2,1H3. The van der Waals surface area contributed by atoms with Crippen LogP contribution in [0.15, 0.2) is 29.2 Å². The number of sulfonamides is 1. The molecule has 152 valence electrons. The van der Waals surface area contributed by atoms with Gasteiger partial charge in [0.1, 0.15) is 0 Å². The van der Waals surface area contributed by atoms with Gasteiger partial charge in [-0.05, 0) is 54.0 Å². The third-order valence-corrected chi connectivity index (χ3v) is 5.74. The summed E-state index contributed by atoms with van der Waals surface area (Å²) in [5, 5.41) is 11.2. The number of ether oxygens (including phenoxy) is 2. The van der Waals surface area contributed by atoms with Crippen molar-refractivity contribution in [2.75, 3.05) is 13.2 Å². The number of hydrogen-bond donors (Lipinski definition) is 1. The number of carbonyl (C=O) groups is 1. The van der Waals surface area contributed by atoms with E-state index >= 15 is 0 Å². The third kappa shape index (κ3) is 5.12. The summed E-state index contributed by atoms with van der Waals surface area (Å²) in [5.74, 6) is -0.130.